The second-order valence-corrected chi connectivity index (χ2v) is 4.81. The maximum atomic E-state index is 11.7. The van der Waals surface area contributed by atoms with Gasteiger partial charge in [0.1, 0.15) is 0 Å². The van der Waals surface area contributed by atoms with Crippen molar-refractivity contribution in [1.29, 1.82) is 0 Å². The van der Waals surface area contributed by atoms with Crippen LogP contribution in [0.2, 0.25) is 0 Å². The minimum atomic E-state index is 0.286. The lowest BCUT2D eigenvalue weighted by Gasteiger charge is -1.96. The summed E-state index contributed by atoms with van der Waals surface area (Å²) in [5.74, 6) is 0.286. The Kier molecular flexibility index (Phi) is 1.53. The molecule has 0 aliphatic heterocycles. The second kappa shape index (κ2) is 2.64. The number of thiazole rings is 1. The van der Waals surface area contributed by atoms with Crippen LogP contribution < -0.4 is 0 Å². The van der Waals surface area contributed by atoms with Gasteiger partial charge in [0.2, 0.25) is 0 Å². The monoisotopic (exact) mass is 203 g/mol. The number of Topliss-reactive ketones (excluding diaryl/α,β-unsaturated/α-hetero) is 1. The lowest BCUT2D eigenvalue weighted by Crippen LogP contribution is -1.90. The molecule has 0 radical (unpaired) electrons. The third-order valence-electron chi connectivity index (χ3n) is 2.65. The largest absolute Gasteiger partial charge is 0.294 e. The summed E-state index contributed by atoms with van der Waals surface area (Å²) < 4.78 is 1.09. The predicted molar refractivity (Wildman–Crippen MR) is 57.0 cm³/mol. The summed E-state index contributed by atoms with van der Waals surface area (Å²) in [6, 6.07) is 4.07. The Balaban J connectivity index is 2.46. The molecule has 0 unspecified atom stereocenters. The maximum absolute atomic E-state index is 11.7. The average molecular weight is 203 g/mol. The van der Waals surface area contributed by atoms with Crippen molar-refractivity contribution >= 4 is 27.3 Å². The van der Waals surface area contributed by atoms with Crippen molar-refractivity contribution in [2.45, 2.75) is 19.8 Å². The summed E-state index contributed by atoms with van der Waals surface area (Å²) >= 11 is 1.63. The predicted octanol–water partition coefficient (Wildman–Crippen LogP) is 2.73. The van der Waals surface area contributed by atoms with Crippen LogP contribution in [0.25, 0.3) is 10.2 Å². The van der Waals surface area contributed by atoms with Crippen molar-refractivity contribution in [3.8, 4) is 0 Å². The minimum Gasteiger partial charge on any atom is -0.294 e. The molecule has 3 heteroatoms. The lowest BCUT2D eigenvalue weighted by molar-refractivity contribution is 0.0996. The Hall–Kier alpha value is -1.22. The van der Waals surface area contributed by atoms with E-state index < -0.39 is 0 Å². The Labute approximate surface area is 85.6 Å². The van der Waals surface area contributed by atoms with E-state index in [1.165, 1.54) is 5.56 Å². The quantitative estimate of drug-likeness (QED) is 0.659. The van der Waals surface area contributed by atoms with E-state index in [2.05, 4.69) is 4.98 Å². The first-order chi connectivity index (χ1) is 6.75. The molecule has 0 spiro atoms. The molecule has 1 aromatic carbocycles. The van der Waals surface area contributed by atoms with Gasteiger partial charge in [-0.1, -0.05) is 6.07 Å². The van der Waals surface area contributed by atoms with Gasteiger partial charge in [-0.25, -0.2) is 4.98 Å². The van der Waals surface area contributed by atoms with Crippen LogP contribution in [0.1, 0.15) is 27.3 Å². The molecule has 0 saturated carbocycles. The van der Waals surface area contributed by atoms with Crippen LogP contribution in [0.3, 0.4) is 0 Å². The molecule has 1 aliphatic carbocycles. The summed E-state index contributed by atoms with van der Waals surface area (Å²) in [7, 11) is 0. The molecule has 1 heterocycles. The van der Waals surface area contributed by atoms with Crippen molar-refractivity contribution in [3.05, 3.63) is 28.3 Å². The van der Waals surface area contributed by atoms with Crippen molar-refractivity contribution in [2.24, 2.45) is 0 Å². The number of aryl methyl sites for hydroxylation is 2. The van der Waals surface area contributed by atoms with Crippen molar-refractivity contribution in [2.75, 3.05) is 0 Å². The van der Waals surface area contributed by atoms with Gasteiger partial charge in [-0.15, -0.1) is 11.3 Å². The van der Waals surface area contributed by atoms with Crippen LogP contribution in [0, 0.1) is 6.92 Å². The molecular formula is C11H9NOS. The van der Waals surface area contributed by atoms with Crippen molar-refractivity contribution < 1.29 is 4.79 Å². The highest BCUT2D eigenvalue weighted by molar-refractivity contribution is 7.19. The van der Waals surface area contributed by atoms with Crippen molar-refractivity contribution in [1.82, 2.24) is 4.98 Å². The van der Waals surface area contributed by atoms with Gasteiger partial charge in [0.15, 0.2) is 5.78 Å². The number of aromatic nitrogens is 1. The van der Waals surface area contributed by atoms with Gasteiger partial charge in [0.25, 0.3) is 0 Å². The number of benzene rings is 1. The van der Waals surface area contributed by atoms with E-state index in [-0.39, 0.29) is 5.78 Å². The summed E-state index contributed by atoms with van der Waals surface area (Å²) in [5, 5.41) is 1.04. The average Bonchev–Trinajstić information content (AvgIpc) is 2.68. The molecule has 0 bridgehead atoms. The van der Waals surface area contributed by atoms with Crippen molar-refractivity contribution in [3.63, 3.8) is 0 Å². The van der Waals surface area contributed by atoms with E-state index in [1.54, 1.807) is 11.3 Å². The van der Waals surface area contributed by atoms with Gasteiger partial charge in [-0.2, -0.15) is 0 Å². The standard InChI is InChI=1S/C11H9NOS/c1-6-12-8-4-2-7-3-5-9(13)10(7)11(8)14-6/h2,4H,3,5H2,1H3. The zero-order valence-corrected chi connectivity index (χ0v) is 8.65. The lowest BCUT2D eigenvalue weighted by atomic mass is 10.1. The molecule has 0 N–H and O–H groups in total. The van der Waals surface area contributed by atoms with E-state index in [0.717, 1.165) is 27.2 Å². The third-order valence-corrected chi connectivity index (χ3v) is 3.66. The van der Waals surface area contributed by atoms with Crippen LogP contribution in [0.15, 0.2) is 12.1 Å². The molecule has 14 heavy (non-hydrogen) atoms. The van der Waals surface area contributed by atoms with E-state index in [9.17, 15) is 4.79 Å². The number of rotatable bonds is 0. The third kappa shape index (κ3) is 0.960. The van der Waals surface area contributed by atoms with E-state index >= 15 is 0 Å². The number of nitrogens with zero attached hydrogens (tertiary/aromatic N) is 1. The highest BCUT2D eigenvalue weighted by Crippen LogP contribution is 2.33. The number of carbonyl (C=O) groups is 1. The molecule has 70 valence electrons. The molecule has 0 atom stereocenters. The summed E-state index contributed by atoms with van der Waals surface area (Å²) in [6.45, 7) is 1.98. The van der Waals surface area contributed by atoms with Crippen LogP contribution in [0.4, 0.5) is 0 Å². The molecule has 1 aromatic heterocycles. The summed E-state index contributed by atoms with van der Waals surface area (Å²) in [4.78, 5) is 16.1. The molecule has 1 aliphatic rings. The zero-order valence-electron chi connectivity index (χ0n) is 7.83. The first kappa shape index (κ1) is 8.12. The van der Waals surface area contributed by atoms with Gasteiger partial charge < -0.3 is 0 Å². The number of fused-ring (bicyclic) bond motifs is 3. The minimum absolute atomic E-state index is 0.286. The van der Waals surface area contributed by atoms with Crippen LogP contribution in [0.5, 0.6) is 0 Å². The fourth-order valence-electron chi connectivity index (χ4n) is 2.03. The van der Waals surface area contributed by atoms with Gasteiger partial charge >= 0.3 is 0 Å². The number of carbonyl (C=O) groups excluding carboxylic acids is 1. The van der Waals surface area contributed by atoms with Crippen LogP contribution >= 0.6 is 11.3 Å². The van der Waals surface area contributed by atoms with E-state index in [4.69, 9.17) is 0 Å². The molecule has 2 nitrogen and oxygen atoms in total. The van der Waals surface area contributed by atoms with E-state index in [1.807, 2.05) is 19.1 Å². The molecule has 2 aromatic rings. The molecule has 0 fully saturated rings. The SMILES string of the molecule is Cc1nc2ccc3c(c2s1)C(=O)CC3. The molecule has 0 saturated heterocycles. The number of hydrogen-bond acceptors (Lipinski definition) is 3. The highest BCUT2D eigenvalue weighted by Gasteiger charge is 2.23. The fraction of sp³-hybridized carbons (Fsp3) is 0.273. The van der Waals surface area contributed by atoms with Crippen LogP contribution in [-0.2, 0) is 6.42 Å². The normalized spacial score (nSPS) is 15.1. The molecular weight excluding hydrogens is 194 g/mol. The second-order valence-electron chi connectivity index (χ2n) is 3.60. The molecule has 3 rings (SSSR count). The van der Waals surface area contributed by atoms with E-state index in [0.29, 0.717) is 6.42 Å². The highest BCUT2D eigenvalue weighted by atomic mass is 32.1. The van der Waals surface area contributed by atoms with Gasteiger partial charge in [0, 0.05) is 12.0 Å². The zero-order chi connectivity index (χ0) is 9.71. The van der Waals surface area contributed by atoms with Gasteiger partial charge in [0.05, 0.1) is 15.2 Å². The first-order valence-corrected chi connectivity index (χ1v) is 5.49. The Morgan fingerprint density at radius 2 is 2.21 bits per heavy atom. The molecule has 0 amide bonds. The Morgan fingerprint density at radius 3 is 3.07 bits per heavy atom. The van der Waals surface area contributed by atoms with Gasteiger partial charge in [-0.05, 0) is 25.0 Å². The number of ketones is 1. The topological polar surface area (TPSA) is 30.0 Å². The van der Waals surface area contributed by atoms with Crippen LogP contribution in [-0.4, -0.2) is 10.8 Å². The first-order valence-electron chi connectivity index (χ1n) is 4.68. The Bertz CT molecular complexity index is 541. The smallest absolute Gasteiger partial charge is 0.164 e. The fourth-order valence-corrected chi connectivity index (χ4v) is 3.04. The Morgan fingerprint density at radius 1 is 1.36 bits per heavy atom. The summed E-state index contributed by atoms with van der Waals surface area (Å²) in [6.07, 6.45) is 1.58. The summed E-state index contributed by atoms with van der Waals surface area (Å²) in [5.41, 5.74) is 3.11. The maximum Gasteiger partial charge on any atom is 0.164 e. The van der Waals surface area contributed by atoms with Gasteiger partial charge in [-0.3, -0.25) is 4.79 Å². The number of hydrogen-bond donors (Lipinski definition) is 0.